The minimum Gasteiger partial charge on any atom is -0.382 e. The molecule has 0 N–H and O–H groups in total. The monoisotopic (exact) mass is 248 g/mol. The molecule has 0 bridgehead atoms. The van der Waals surface area contributed by atoms with E-state index in [0.29, 0.717) is 24.5 Å². The van der Waals surface area contributed by atoms with E-state index < -0.39 is 0 Å². The lowest BCUT2D eigenvalue weighted by Gasteiger charge is -2.32. The first-order valence-corrected chi connectivity index (χ1v) is 6.92. The van der Waals surface area contributed by atoms with Gasteiger partial charge in [0.2, 0.25) is 0 Å². The first kappa shape index (κ1) is 14.3. The van der Waals surface area contributed by atoms with E-state index in [1.165, 1.54) is 25.7 Å². The molecule has 96 valence electrons. The maximum Gasteiger partial charge on any atom is 0.0700 e. The van der Waals surface area contributed by atoms with Crippen LogP contribution in [0.2, 0.25) is 0 Å². The number of alkyl halides is 1. The predicted molar refractivity (Wildman–Crippen MR) is 68.1 cm³/mol. The number of halogens is 1. The summed E-state index contributed by atoms with van der Waals surface area (Å²) < 4.78 is 10.4. The molecule has 2 nitrogen and oxygen atoms in total. The first-order chi connectivity index (χ1) is 7.77. The van der Waals surface area contributed by atoms with Crippen molar-refractivity contribution < 1.29 is 9.47 Å². The van der Waals surface area contributed by atoms with Crippen molar-refractivity contribution in [1.82, 2.24) is 0 Å². The average molecular weight is 249 g/mol. The SMILES string of the molecule is CCC1CCC(Cl)C(CCOCCOC)C1. The molecule has 0 amide bonds. The summed E-state index contributed by atoms with van der Waals surface area (Å²) in [6.45, 7) is 4.50. The highest BCUT2D eigenvalue weighted by molar-refractivity contribution is 6.20. The van der Waals surface area contributed by atoms with Crippen molar-refractivity contribution in [3.05, 3.63) is 0 Å². The molecule has 3 heteroatoms. The van der Waals surface area contributed by atoms with Crippen molar-refractivity contribution >= 4 is 11.6 Å². The third kappa shape index (κ3) is 5.03. The molecule has 0 spiro atoms. The summed E-state index contributed by atoms with van der Waals surface area (Å²) in [5.74, 6) is 1.54. The van der Waals surface area contributed by atoms with Crippen molar-refractivity contribution in [1.29, 1.82) is 0 Å². The van der Waals surface area contributed by atoms with Gasteiger partial charge < -0.3 is 9.47 Å². The minimum atomic E-state index is 0.369. The van der Waals surface area contributed by atoms with Gasteiger partial charge in [-0.15, -0.1) is 11.6 Å². The van der Waals surface area contributed by atoms with Crippen molar-refractivity contribution in [2.45, 2.75) is 44.4 Å². The summed E-state index contributed by atoms with van der Waals surface area (Å²) in [5, 5.41) is 0.369. The van der Waals surface area contributed by atoms with E-state index in [0.717, 1.165) is 18.9 Å². The summed E-state index contributed by atoms with van der Waals surface area (Å²) >= 11 is 6.36. The molecule has 3 atom stereocenters. The zero-order chi connectivity index (χ0) is 11.8. The zero-order valence-electron chi connectivity index (χ0n) is 10.6. The van der Waals surface area contributed by atoms with Gasteiger partial charge in [-0.1, -0.05) is 13.3 Å². The standard InChI is InChI=1S/C13H25ClO2/c1-3-11-4-5-13(14)12(10-11)6-7-16-9-8-15-2/h11-13H,3-10H2,1-2H3. The summed E-state index contributed by atoms with van der Waals surface area (Å²) in [6.07, 6.45) is 6.19. The maximum atomic E-state index is 6.36. The Morgan fingerprint density at radius 1 is 1.19 bits per heavy atom. The van der Waals surface area contributed by atoms with Gasteiger partial charge in [-0.3, -0.25) is 0 Å². The molecule has 0 saturated heterocycles. The Balaban J connectivity index is 2.13. The number of ether oxygens (including phenoxy) is 2. The molecule has 1 aliphatic carbocycles. The van der Waals surface area contributed by atoms with Crippen LogP contribution in [0.3, 0.4) is 0 Å². The molecule has 0 aromatic carbocycles. The van der Waals surface area contributed by atoms with Gasteiger partial charge in [0.25, 0.3) is 0 Å². The fourth-order valence-electron chi connectivity index (χ4n) is 2.47. The molecule has 1 fully saturated rings. The molecule has 0 aromatic rings. The summed E-state index contributed by atoms with van der Waals surface area (Å²) in [6, 6.07) is 0. The molecule has 0 radical (unpaired) electrons. The second kappa shape index (κ2) is 8.32. The summed E-state index contributed by atoms with van der Waals surface area (Å²) in [5.41, 5.74) is 0. The van der Waals surface area contributed by atoms with Gasteiger partial charge in [0.1, 0.15) is 0 Å². The Kier molecular flexibility index (Phi) is 7.42. The molecule has 0 heterocycles. The van der Waals surface area contributed by atoms with Crippen LogP contribution in [-0.2, 0) is 9.47 Å². The lowest BCUT2D eigenvalue weighted by atomic mass is 9.78. The van der Waals surface area contributed by atoms with E-state index in [1.807, 2.05) is 0 Å². The largest absolute Gasteiger partial charge is 0.382 e. The summed E-state index contributed by atoms with van der Waals surface area (Å²) in [4.78, 5) is 0. The van der Waals surface area contributed by atoms with E-state index in [2.05, 4.69) is 6.92 Å². The van der Waals surface area contributed by atoms with E-state index >= 15 is 0 Å². The third-order valence-corrected chi connectivity index (χ3v) is 4.21. The van der Waals surface area contributed by atoms with Gasteiger partial charge in [0.15, 0.2) is 0 Å². The fourth-order valence-corrected chi connectivity index (χ4v) is 2.83. The first-order valence-electron chi connectivity index (χ1n) is 6.48. The maximum absolute atomic E-state index is 6.36. The van der Waals surface area contributed by atoms with Crippen molar-refractivity contribution in [2.24, 2.45) is 11.8 Å². The molecule has 1 saturated carbocycles. The second-order valence-electron chi connectivity index (χ2n) is 4.76. The van der Waals surface area contributed by atoms with Crippen LogP contribution in [0.15, 0.2) is 0 Å². The van der Waals surface area contributed by atoms with Gasteiger partial charge >= 0.3 is 0 Å². The van der Waals surface area contributed by atoms with Gasteiger partial charge in [0, 0.05) is 19.1 Å². The van der Waals surface area contributed by atoms with Crippen LogP contribution < -0.4 is 0 Å². The minimum absolute atomic E-state index is 0.369. The van der Waals surface area contributed by atoms with E-state index in [4.69, 9.17) is 21.1 Å². The van der Waals surface area contributed by atoms with Crippen LogP contribution >= 0.6 is 11.6 Å². The highest BCUT2D eigenvalue weighted by Crippen LogP contribution is 2.36. The fraction of sp³-hybridized carbons (Fsp3) is 1.00. The molecule has 16 heavy (non-hydrogen) atoms. The molecule has 1 rings (SSSR count). The van der Waals surface area contributed by atoms with Gasteiger partial charge in [-0.05, 0) is 37.5 Å². The molecule has 3 unspecified atom stereocenters. The van der Waals surface area contributed by atoms with Gasteiger partial charge in [0.05, 0.1) is 13.2 Å². The Labute approximate surface area is 105 Å². The predicted octanol–water partition coefficient (Wildman–Crippen LogP) is 3.47. The van der Waals surface area contributed by atoms with Crippen LogP contribution in [0, 0.1) is 11.8 Å². The third-order valence-electron chi connectivity index (χ3n) is 3.64. The quantitative estimate of drug-likeness (QED) is 0.507. The highest BCUT2D eigenvalue weighted by Gasteiger charge is 2.27. The van der Waals surface area contributed by atoms with Crippen molar-refractivity contribution in [3.8, 4) is 0 Å². The second-order valence-corrected chi connectivity index (χ2v) is 5.32. The Hall–Kier alpha value is 0.210. The molecule has 0 aliphatic heterocycles. The molecular weight excluding hydrogens is 224 g/mol. The number of methoxy groups -OCH3 is 1. The van der Waals surface area contributed by atoms with E-state index in [-0.39, 0.29) is 0 Å². The van der Waals surface area contributed by atoms with Gasteiger partial charge in [-0.2, -0.15) is 0 Å². The highest BCUT2D eigenvalue weighted by atomic mass is 35.5. The Morgan fingerprint density at radius 2 is 2.00 bits per heavy atom. The molecule has 0 aromatic heterocycles. The smallest absolute Gasteiger partial charge is 0.0700 e. The average Bonchev–Trinajstić information content (AvgIpc) is 2.31. The van der Waals surface area contributed by atoms with Crippen LogP contribution in [-0.4, -0.2) is 32.3 Å². The van der Waals surface area contributed by atoms with E-state index in [1.54, 1.807) is 7.11 Å². The summed E-state index contributed by atoms with van der Waals surface area (Å²) in [7, 11) is 1.70. The van der Waals surface area contributed by atoms with Crippen LogP contribution in [0.1, 0.15) is 39.0 Å². The Morgan fingerprint density at radius 3 is 2.69 bits per heavy atom. The molecular formula is C13H25ClO2. The topological polar surface area (TPSA) is 18.5 Å². The lowest BCUT2D eigenvalue weighted by molar-refractivity contribution is 0.0594. The van der Waals surface area contributed by atoms with Crippen LogP contribution in [0.25, 0.3) is 0 Å². The zero-order valence-corrected chi connectivity index (χ0v) is 11.3. The van der Waals surface area contributed by atoms with Crippen molar-refractivity contribution in [2.75, 3.05) is 26.9 Å². The Bertz CT molecular complexity index is 175. The van der Waals surface area contributed by atoms with Gasteiger partial charge in [-0.25, -0.2) is 0 Å². The van der Waals surface area contributed by atoms with Crippen LogP contribution in [0.5, 0.6) is 0 Å². The number of rotatable bonds is 7. The number of hydrogen-bond donors (Lipinski definition) is 0. The molecule has 1 aliphatic rings. The van der Waals surface area contributed by atoms with Crippen LogP contribution in [0.4, 0.5) is 0 Å². The number of hydrogen-bond acceptors (Lipinski definition) is 2. The van der Waals surface area contributed by atoms with Crippen molar-refractivity contribution in [3.63, 3.8) is 0 Å². The normalized spacial score (nSPS) is 30.6. The lowest BCUT2D eigenvalue weighted by Crippen LogP contribution is -2.26. The van der Waals surface area contributed by atoms with E-state index in [9.17, 15) is 0 Å².